The van der Waals surface area contributed by atoms with Crippen LogP contribution in [-0.2, 0) is 14.8 Å². The monoisotopic (exact) mass is 424 g/mol. The van der Waals surface area contributed by atoms with E-state index in [0.717, 1.165) is 10.6 Å². The molecule has 0 unspecified atom stereocenters. The Bertz CT molecular complexity index is 945. The number of amides is 1. The second-order valence-electron chi connectivity index (χ2n) is 5.76. The lowest BCUT2D eigenvalue weighted by atomic mass is 10.3. The minimum absolute atomic E-state index is 0.181. The van der Waals surface area contributed by atoms with E-state index in [1.165, 1.54) is 19.2 Å². The number of methoxy groups -OCH3 is 1. The Morgan fingerprint density at radius 3 is 2.50 bits per heavy atom. The second kappa shape index (κ2) is 9.48. The number of halogens is 1. The van der Waals surface area contributed by atoms with Gasteiger partial charge < -0.3 is 14.8 Å². The molecule has 7 nitrogen and oxygen atoms in total. The summed E-state index contributed by atoms with van der Waals surface area (Å²) in [5.41, 5.74) is 0.684. The summed E-state index contributed by atoms with van der Waals surface area (Å²) in [7, 11) is -2.36. The van der Waals surface area contributed by atoms with Crippen molar-refractivity contribution in [3.63, 3.8) is 0 Å². The first kappa shape index (κ1) is 21.6. The number of carbonyl (C=O) groups is 1. The van der Waals surface area contributed by atoms with Crippen LogP contribution in [0.2, 0.25) is 5.02 Å². The summed E-state index contributed by atoms with van der Waals surface area (Å²) >= 11 is 5.99. The largest absolute Gasteiger partial charge is 0.495 e. The van der Waals surface area contributed by atoms with Crippen LogP contribution in [0.15, 0.2) is 55.1 Å². The molecule has 0 spiro atoms. The van der Waals surface area contributed by atoms with Gasteiger partial charge in [-0.1, -0.05) is 24.3 Å². The molecule has 0 saturated carbocycles. The average molecular weight is 425 g/mol. The number of nitrogens with one attached hydrogen (secondary N) is 1. The molecule has 2 aromatic carbocycles. The second-order valence-corrected chi connectivity index (χ2v) is 8.10. The van der Waals surface area contributed by atoms with Crippen LogP contribution in [0.25, 0.3) is 0 Å². The van der Waals surface area contributed by atoms with Gasteiger partial charge in [-0.15, -0.1) is 0 Å². The number of ether oxygens (including phenoxy) is 2. The van der Waals surface area contributed by atoms with Gasteiger partial charge in [0.05, 0.1) is 19.1 Å². The molecule has 0 aliphatic heterocycles. The Labute approximate surface area is 169 Å². The van der Waals surface area contributed by atoms with Gasteiger partial charge in [0.2, 0.25) is 15.9 Å². The van der Waals surface area contributed by atoms with Crippen molar-refractivity contribution >= 4 is 38.9 Å². The number of sulfonamides is 1. The van der Waals surface area contributed by atoms with E-state index in [4.69, 9.17) is 21.1 Å². The molecule has 0 fully saturated rings. The normalized spacial score (nSPS) is 10.8. The fourth-order valence-corrected chi connectivity index (χ4v) is 3.38. The van der Waals surface area contributed by atoms with Gasteiger partial charge in [0.25, 0.3) is 0 Å². The van der Waals surface area contributed by atoms with Crippen LogP contribution in [-0.4, -0.2) is 40.8 Å². The molecule has 0 aromatic heterocycles. The highest BCUT2D eigenvalue weighted by Crippen LogP contribution is 2.32. The molecule has 28 heavy (non-hydrogen) atoms. The highest BCUT2D eigenvalue weighted by Gasteiger charge is 2.24. The van der Waals surface area contributed by atoms with Crippen molar-refractivity contribution in [3.05, 3.63) is 60.1 Å². The Hall–Kier alpha value is -2.71. The SMILES string of the molecule is C=CCOc1ccc(NC(=O)CN(c2cc(Cl)ccc2OC)S(C)(=O)=O)cc1. The lowest BCUT2D eigenvalue weighted by Crippen LogP contribution is -2.37. The predicted octanol–water partition coefficient (Wildman–Crippen LogP) is 3.32. The summed E-state index contributed by atoms with van der Waals surface area (Å²) in [6, 6.07) is 11.2. The third-order valence-electron chi connectivity index (χ3n) is 3.60. The van der Waals surface area contributed by atoms with Crippen molar-refractivity contribution in [3.8, 4) is 11.5 Å². The van der Waals surface area contributed by atoms with Gasteiger partial charge >= 0.3 is 0 Å². The Morgan fingerprint density at radius 2 is 1.93 bits per heavy atom. The van der Waals surface area contributed by atoms with E-state index >= 15 is 0 Å². The first-order valence-corrected chi connectivity index (χ1v) is 10.4. The third kappa shape index (κ3) is 5.90. The number of hydrogen-bond donors (Lipinski definition) is 1. The van der Waals surface area contributed by atoms with Gasteiger partial charge in [-0.05, 0) is 42.5 Å². The zero-order chi connectivity index (χ0) is 20.7. The Morgan fingerprint density at radius 1 is 1.25 bits per heavy atom. The van der Waals surface area contributed by atoms with Crippen molar-refractivity contribution in [1.29, 1.82) is 0 Å². The minimum Gasteiger partial charge on any atom is -0.495 e. The van der Waals surface area contributed by atoms with Crippen LogP contribution in [0.1, 0.15) is 0 Å². The first-order valence-electron chi connectivity index (χ1n) is 8.19. The molecular weight excluding hydrogens is 404 g/mol. The van der Waals surface area contributed by atoms with E-state index < -0.39 is 22.5 Å². The quantitative estimate of drug-likeness (QED) is 0.624. The molecule has 0 saturated heterocycles. The van der Waals surface area contributed by atoms with Gasteiger partial charge in [0, 0.05) is 10.7 Å². The van der Waals surface area contributed by atoms with E-state index in [2.05, 4.69) is 11.9 Å². The van der Waals surface area contributed by atoms with Crippen LogP contribution in [0.5, 0.6) is 11.5 Å². The number of rotatable bonds is 9. The van der Waals surface area contributed by atoms with Gasteiger partial charge in [0.15, 0.2) is 0 Å². The zero-order valence-electron chi connectivity index (χ0n) is 15.5. The van der Waals surface area contributed by atoms with E-state index in [1.54, 1.807) is 36.4 Å². The molecule has 0 atom stereocenters. The lowest BCUT2D eigenvalue weighted by molar-refractivity contribution is -0.114. The number of nitrogens with zero attached hydrogens (tertiary/aromatic N) is 1. The minimum atomic E-state index is -3.77. The predicted molar refractivity (Wildman–Crippen MR) is 111 cm³/mol. The van der Waals surface area contributed by atoms with Gasteiger partial charge in [-0.3, -0.25) is 9.10 Å². The van der Waals surface area contributed by atoms with Crippen LogP contribution < -0.4 is 19.1 Å². The number of benzene rings is 2. The number of carbonyl (C=O) groups excluding carboxylic acids is 1. The maximum absolute atomic E-state index is 12.4. The van der Waals surface area contributed by atoms with E-state index in [1.807, 2.05) is 0 Å². The molecule has 0 heterocycles. The number of hydrogen-bond acceptors (Lipinski definition) is 5. The zero-order valence-corrected chi connectivity index (χ0v) is 17.1. The highest BCUT2D eigenvalue weighted by molar-refractivity contribution is 7.92. The Balaban J connectivity index is 2.18. The molecule has 1 N–H and O–H groups in total. The summed E-state index contributed by atoms with van der Waals surface area (Å²) in [5, 5.41) is 2.97. The highest BCUT2D eigenvalue weighted by atomic mass is 35.5. The fourth-order valence-electron chi connectivity index (χ4n) is 2.36. The van der Waals surface area contributed by atoms with Crippen LogP contribution in [0, 0.1) is 0 Å². The molecule has 0 bridgehead atoms. The fraction of sp³-hybridized carbons (Fsp3) is 0.211. The summed E-state index contributed by atoms with van der Waals surface area (Å²) in [5.74, 6) is 0.387. The molecule has 0 radical (unpaired) electrons. The lowest BCUT2D eigenvalue weighted by Gasteiger charge is -2.24. The smallest absolute Gasteiger partial charge is 0.245 e. The molecule has 0 aliphatic rings. The van der Waals surface area contributed by atoms with Crippen molar-refractivity contribution in [2.24, 2.45) is 0 Å². The van der Waals surface area contributed by atoms with Crippen molar-refractivity contribution < 1.29 is 22.7 Å². The van der Waals surface area contributed by atoms with Crippen LogP contribution in [0.4, 0.5) is 11.4 Å². The molecule has 2 rings (SSSR count). The van der Waals surface area contributed by atoms with E-state index in [-0.39, 0.29) is 11.4 Å². The van der Waals surface area contributed by atoms with Crippen LogP contribution >= 0.6 is 11.6 Å². The standard InChI is InChI=1S/C19H21ClN2O5S/c1-4-11-27-16-8-6-15(7-9-16)21-19(23)13-22(28(3,24)25)17-12-14(20)5-10-18(17)26-2/h4-10,12H,1,11,13H2,2-3H3,(H,21,23). The van der Waals surface area contributed by atoms with Gasteiger partial charge in [0.1, 0.15) is 24.7 Å². The van der Waals surface area contributed by atoms with Crippen molar-refractivity contribution in [2.45, 2.75) is 0 Å². The first-order chi connectivity index (χ1) is 13.2. The summed E-state index contributed by atoms with van der Waals surface area (Å²) < 4.78 is 36.1. The van der Waals surface area contributed by atoms with E-state index in [9.17, 15) is 13.2 Å². The van der Waals surface area contributed by atoms with Crippen LogP contribution in [0.3, 0.4) is 0 Å². The molecule has 2 aromatic rings. The topological polar surface area (TPSA) is 84.9 Å². The molecule has 9 heteroatoms. The van der Waals surface area contributed by atoms with Crippen molar-refractivity contribution in [2.75, 3.05) is 36.1 Å². The molecule has 0 aliphatic carbocycles. The maximum atomic E-state index is 12.4. The Kier molecular flexibility index (Phi) is 7.31. The summed E-state index contributed by atoms with van der Waals surface area (Å²) in [4.78, 5) is 12.4. The molecule has 1 amide bonds. The average Bonchev–Trinajstić information content (AvgIpc) is 2.64. The van der Waals surface area contributed by atoms with Crippen molar-refractivity contribution in [1.82, 2.24) is 0 Å². The maximum Gasteiger partial charge on any atom is 0.245 e. The summed E-state index contributed by atoms with van der Waals surface area (Å²) in [6.07, 6.45) is 2.63. The summed E-state index contributed by atoms with van der Waals surface area (Å²) in [6.45, 7) is 3.50. The number of anilines is 2. The molecule has 150 valence electrons. The third-order valence-corrected chi connectivity index (χ3v) is 4.96. The van der Waals surface area contributed by atoms with Gasteiger partial charge in [-0.2, -0.15) is 0 Å². The molecular formula is C19H21ClN2O5S. The van der Waals surface area contributed by atoms with E-state index in [0.29, 0.717) is 23.1 Å². The van der Waals surface area contributed by atoms with Gasteiger partial charge in [-0.25, -0.2) is 8.42 Å².